The minimum Gasteiger partial charge on any atom is -0.490 e. The number of para-hydroxylation sites is 2. The van der Waals surface area contributed by atoms with E-state index in [-0.39, 0.29) is 18.9 Å². The molecule has 0 unspecified atom stereocenters. The molecule has 172 valence electrons. The van der Waals surface area contributed by atoms with Gasteiger partial charge in [0, 0.05) is 0 Å². The summed E-state index contributed by atoms with van der Waals surface area (Å²) in [6.45, 7) is 3.54. The van der Waals surface area contributed by atoms with Gasteiger partial charge in [-0.2, -0.15) is 0 Å². The molecule has 3 N–H and O–H groups in total. The van der Waals surface area contributed by atoms with Crippen LogP contribution in [-0.2, 0) is 20.8 Å². The van der Waals surface area contributed by atoms with E-state index in [2.05, 4.69) is 16.2 Å². The van der Waals surface area contributed by atoms with Crippen LogP contribution in [0.15, 0.2) is 66.7 Å². The number of rotatable bonds is 9. The summed E-state index contributed by atoms with van der Waals surface area (Å²) in [6, 6.07) is 19.7. The van der Waals surface area contributed by atoms with Gasteiger partial charge in [0.15, 0.2) is 18.1 Å². The number of benzene rings is 3. The van der Waals surface area contributed by atoms with Gasteiger partial charge in [-0.15, -0.1) is 0 Å². The molecule has 0 bridgehead atoms. The van der Waals surface area contributed by atoms with E-state index in [0.29, 0.717) is 18.1 Å². The van der Waals surface area contributed by atoms with Crippen LogP contribution in [0.25, 0.3) is 10.8 Å². The fraction of sp³-hybridized carbons (Fsp3) is 0.240. The van der Waals surface area contributed by atoms with Gasteiger partial charge in [-0.25, -0.2) is 0 Å². The minimum absolute atomic E-state index is 0.137. The highest BCUT2D eigenvalue weighted by Gasteiger charge is 2.17. The van der Waals surface area contributed by atoms with Crippen LogP contribution in [0.3, 0.4) is 0 Å². The highest BCUT2D eigenvalue weighted by molar-refractivity contribution is 5.93. The normalized spacial score (nSPS) is 11.3. The molecule has 0 fully saturated rings. The molecule has 3 amide bonds. The first kappa shape index (κ1) is 23.6. The molecular weight excluding hydrogens is 422 g/mol. The first-order chi connectivity index (χ1) is 16.0. The van der Waals surface area contributed by atoms with E-state index in [1.807, 2.05) is 49.4 Å². The molecule has 3 rings (SSSR count). The number of hydrazine groups is 1. The molecule has 3 aromatic carbocycles. The zero-order chi connectivity index (χ0) is 23.6. The van der Waals surface area contributed by atoms with Gasteiger partial charge in [0.05, 0.1) is 13.0 Å². The van der Waals surface area contributed by atoms with E-state index in [9.17, 15) is 14.4 Å². The molecule has 0 spiro atoms. The van der Waals surface area contributed by atoms with Crippen molar-refractivity contribution in [1.29, 1.82) is 0 Å². The van der Waals surface area contributed by atoms with Gasteiger partial charge in [-0.1, -0.05) is 54.6 Å². The average Bonchev–Trinajstić information content (AvgIpc) is 2.82. The minimum atomic E-state index is -0.840. The van der Waals surface area contributed by atoms with Crippen molar-refractivity contribution in [2.24, 2.45) is 0 Å². The van der Waals surface area contributed by atoms with E-state index in [1.165, 1.54) is 6.92 Å². The van der Waals surface area contributed by atoms with Crippen LogP contribution in [0.4, 0.5) is 0 Å². The fourth-order valence-electron chi connectivity index (χ4n) is 3.24. The number of carbonyl (C=O) groups excluding carboxylic acids is 3. The Balaban J connectivity index is 1.44. The lowest BCUT2D eigenvalue weighted by molar-refractivity contribution is -0.132. The second-order valence-electron chi connectivity index (χ2n) is 7.31. The maximum absolute atomic E-state index is 12.4. The Labute approximate surface area is 192 Å². The van der Waals surface area contributed by atoms with Crippen molar-refractivity contribution in [1.82, 2.24) is 16.2 Å². The van der Waals surface area contributed by atoms with Crippen molar-refractivity contribution >= 4 is 28.5 Å². The molecular formula is C25H27N3O5. The van der Waals surface area contributed by atoms with Gasteiger partial charge in [0.1, 0.15) is 6.04 Å². The summed E-state index contributed by atoms with van der Waals surface area (Å²) in [5, 5.41) is 4.68. The monoisotopic (exact) mass is 449 g/mol. The Bertz CT molecular complexity index is 1130. The number of nitrogens with one attached hydrogen (secondary N) is 3. The number of carbonyl (C=O) groups is 3. The number of hydrogen-bond acceptors (Lipinski definition) is 5. The van der Waals surface area contributed by atoms with Gasteiger partial charge >= 0.3 is 0 Å². The van der Waals surface area contributed by atoms with E-state index in [0.717, 1.165) is 16.3 Å². The van der Waals surface area contributed by atoms with Gasteiger partial charge < -0.3 is 14.8 Å². The zero-order valence-electron chi connectivity index (χ0n) is 18.6. The van der Waals surface area contributed by atoms with Crippen molar-refractivity contribution in [2.45, 2.75) is 26.3 Å². The summed E-state index contributed by atoms with van der Waals surface area (Å²) in [5.41, 5.74) is 5.44. The third kappa shape index (κ3) is 6.70. The Hall–Kier alpha value is -4.07. The van der Waals surface area contributed by atoms with E-state index in [4.69, 9.17) is 9.47 Å². The number of ether oxygens (including phenoxy) is 2. The van der Waals surface area contributed by atoms with Crippen molar-refractivity contribution in [3.8, 4) is 11.5 Å². The lowest BCUT2D eigenvalue weighted by Crippen LogP contribution is -2.52. The van der Waals surface area contributed by atoms with Crippen molar-refractivity contribution in [3.05, 3.63) is 72.3 Å². The lowest BCUT2D eigenvalue weighted by Gasteiger charge is -2.16. The number of amides is 3. The van der Waals surface area contributed by atoms with Crippen molar-refractivity contribution < 1.29 is 23.9 Å². The topological polar surface area (TPSA) is 106 Å². The predicted molar refractivity (Wildman–Crippen MR) is 125 cm³/mol. The Kier molecular flexibility index (Phi) is 8.24. The first-order valence-corrected chi connectivity index (χ1v) is 10.7. The Morgan fingerprint density at radius 1 is 0.818 bits per heavy atom. The maximum atomic E-state index is 12.4. The lowest BCUT2D eigenvalue weighted by atomic mass is 10.0. The number of fused-ring (bicyclic) bond motifs is 1. The second kappa shape index (κ2) is 11.5. The molecule has 0 saturated carbocycles. The van der Waals surface area contributed by atoms with Gasteiger partial charge in [-0.3, -0.25) is 25.2 Å². The Morgan fingerprint density at radius 3 is 2.24 bits per heavy atom. The molecule has 0 saturated heterocycles. The maximum Gasteiger partial charge on any atom is 0.276 e. The molecule has 1 atom stereocenters. The predicted octanol–water partition coefficient (Wildman–Crippen LogP) is 2.51. The molecule has 0 aromatic heterocycles. The third-order valence-electron chi connectivity index (χ3n) is 4.83. The van der Waals surface area contributed by atoms with Crippen LogP contribution in [0.2, 0.25) is 0 Å². The average molecular weight is 450 g/mol. The van der Waals surface area contributed by atoms with Crippen molar-refractivity contribution in [2.75, 3.05) is 13.2 Å². The van der Waals surface area contributed by atoms with Crippen LogP contribution in [0, 0.1) is 0 Å². The second-order valence-corrected chi connectivity index (χ2v) is 7.31. The quantitative estimate of drug-likeness (QED) is 0.436. The van der Waals surface area contributed by atoms with Gasteiger partial charge in [-0.05, 0) is 42.3 Å². The molecule has 0 aliphatic heterocycles. The van der Waals surface area contributed by atoms with Gasteiger partial charge in [0.2, 0.25) is 5.91 Å². The molecule has 0 heterocycles. The van der Waals surface area contributed by atoms with E-state index >= 15 is 0 Å². The molecule has 0 aliphatic rings. The molecule has 3 aromatic rings. The summed E-state index contributed by atoms with van der Waals surface area (Å²) in [7, 11) is 0. The molecule has 33 heavy (non-hydrogen) atoms. The fourth-order valence-corrected chi connectivity index (χ4v) is 3.24. The highest BCUT2D eigenvalue weighted by Crippen LogP contribution is 2.26. The standard InChI is InChI=1S/C25H27N3O5/c1-3-32-21-13-6-7-14-22(21)33-16-24(30)27-28-25(31)17(2)26-23(29)15-19-11-8-10-18-9-4-5-12-20(18)19/h4-14,17H,3,15-16H2,1-2H3,(H,26,29)(H,27,30)(H,28,31)/t17-/m0/s1. The zero-order valence-corrected chi connectivity index (χ0v) is 18.6. The molecule has 8 heteroatoms. The number of hydrogen-bond donors (Lipinski definition) is 3. The summed E-state index contributed by atoms with van der Waals surface area (Å²) in [6.07, 6.45) is 0.137. The summed E-state index contributed by atoms with van der Waals surface area (Å²) < 4.78 is 10.9. The molecule has 8 nitrogen and oxygen atoms in total. The summed E-state index contributed by atoms with van der Waals surface area (Å²) >= 11 is 0. The van der Waals surface area contributed by atoms with Crippen molar-refractivity contribution in [3.63, 3.8) is 0 Å². The first-order valence-electron chi connectivity index (χ1n) is 10.7. The van der Waals surface area contributed by atoms with Crippen LogP contribution < -0.4 is 25.6 Å². The highest BCUT2D eigenvalue weighted by atomic mass is 16.5. The van der Waals surface area contributed by atoms with Crippen LogP contribution in [0.5, 0.6) is 11.5 Å². The van der Waals surface area contributed by atoms with E-state index < -0.39 is 17.9 Å². The van der Waals surface area contributed by atoms with E-state index in [1.54, 1.807) is 24.3 Å². The van der Waals surface area contributed by atoms with Crippen LogP contribution >= 0.6 is 0 Å². The summed E-state index contributed by atoms with van der Waals surface area (Å²) in [5.74, 6) is -0.446. The Morgan fingerprint density at radius 2 is 1.48 bits per heavy atom. The largest absolute Gasteiger partial charge is 0.490 e. The molecule has 0 aliphatic carbocycles. The van der Waals surface area contributed by atoms with Crippen LogP contribution in [-0.4, -0.2) is 37.0 Å². The van der Waals surface area contributed by atoms with Gasteiger partial charge in [0.25, 0.3) is 11.8 Å². The van der Waals surface area contributed by atoms with Crippen LogP contribution in [0.1, 0.15) is 19.4 Å². The SMILES string of the molecule is CCOc1ccccc1OCC(=O)NNC(=O)[C@H](C)NC(=O)Cc1cccc2ccccc12. The smallest absolute Gasteiger partial charge is 0.276 e. The summed E-state index contributed by atoms with van der Waals surface area (Å²) in [4.78, 5) is 36.7. The molecule has 0 radical (unpaired) electrons. The third-order valence-corrected chi connectivity index (χ3v) is 4.83.